The van der Waals surface area contributed by atoms with E-state index in [0.29, 0.717) is 35.3 Å². The predicted molar refractivity (Wildman–Crippen MR) is 116 cm³/mol. The maximum Gasteiger partial charge on any atom is 0.338 e. The van der Waals surface area contributed by atoms with Crippen LogP contribution in [0.5, 0.6) is 11.5 Å². The zero-order chi connectivity index (χ0) is 22.4. The van der Waals surface area contributed by atoms with Gasteiger partial charge in [0.2, 0.25) is 5.95 Å². The molecular weight excluding hydrogens is 398 g/mol. The number of tetrazole rings is 1. The molecule has 0 bridgehead atoms. The molecule has 0 unspecified atom stereocenters. The Morgan fingerprint density at radius 1 is 1.23 bits per heavy atom. The van der Waals surface area contributed by atoms with Crippen molar-refractivity contribution in [3.05, 3.63) is 35.0 Å². The quantitative estimate of drug-likeness (QED) is 0.449. The van der Waals surface area contributed by atoms with Gasteiger partial charge in [-0.15, -0.1) is 0 Å². The van der Waals surface area contributed by atoms with Gasteiger partial charge in [-0.05, 0) is 55.3 Å². The normalized spacial score (nSPS) is 15.5. The third-order valence-electron chi connectivity index (χ3n) is 5.04. The maximum atomic E-state index is 12.9. The van der Waals surface area contributed by atoms with E-state index in [2.05, 4.69) is 27.8 Å². The predicted octanol–water partition coefficient (Wildman–Crippen LogP) is 3.88. The number of hydrogen-bond acceptors (Lipinski definition) is 8. The van der Waals surface area contributed by atoms with Crippen LogP contribution in [-0.2, 0) is 9.53 Å². The van der Waals surface area contributed by atoms with Crippen molar-refractivity contribution >= 4 is 11.9 Å². The molecule has 168 valence electrons. The lowest BCUT2D eigenvalue weighted by Gasteiger charge is -2.28. The maximum absolute atomic E-state index is 12.9. The highest BCUT2D eigenvalue weighted by molar-refractivity contribution is 5.92. The number of hydrogen-bond donors (Lipinski definition) is 1. The summed E-state index contributed by atoms with van der Waals surface area (Å²) in [7, 11) is 1.60. The van der Waals surface area contributed by atoms with Gasteiger partial charge >= 0.3 is 5.97 Å². The molecule has 0 aliphatic carbocycles. The Bertz CT molecular complexity index is 938. The first-order valence-corrected chi connectivity index (χ1v) is 10.7. The van der Waals surface area contributed by atoms with Gasteiger partial charge in [0.15, 0.2) is 11.5 Å². The lowest BCUT2D eigenvalue weighted by Crippen LogP contribution is -2.30. The molecule has 31 heavy (non-hydrogen) atoms. The zero-order valence-electron chi connectivity index (χ0n) is 18.8. The summed E-state index contributed by atoms with van der Waals surface area (Å²) in [4.78, 5) is 12.9. The van der Waals surface area contributed by atoms with Gasteiger partial charge in [0.05, 0.1) is 25.4 Å². The summed E-state index contributed by atoms with van der Waals surface area (Å²) in [5, 5.41) is 14.9. The molecule has 0 saturated carbocycles. The first kappa shape index (κ1) is 22.6. The number of nitrogens with one attached hydrogen (secondary N) is 1. The number of aromatic nitrogens is 4. The van der Waals surface area contributed by atoms with Gasteiger partial charge in [-0.2, -0.15) is 4.68 Å². The van der Waals surface area contributed by atoms with Crippen LogP contribution in [0.3, 0.4) is 0 Å². The highest BCUT2D eigenvalue weighted by Crippen LogP contribution is 2.38. The number of benzene rings is 1. The largest absolute Gasteiger partial charge is 0.493 e. The van der Waals surface area contributed by atoms with Gasteiger partial charge in [-0.3, -0.25) is 0 Å². The number of esters is 1. The number of allylic oxidation sites excluding steroid dienone is 1. The Kier molecular flexibility index (Phi) is 7.49. The van der Waals surface area contributed by atoms with E-state index >= 15 is 0 Å². The van der Waals surface area contributed by atoms with Crippen molar-refractivity contribution in [1.29, 1.82) is 0 Å². The van der Waals surface area contributed by atoms with Crippen molar-refractivity contribution in [3.63, 3.8) is 0 Å². The number of methoxy groups -OCH3 is 1. The molecule has 9 nitrogen and oxygen atoms in total. The van der Waals surface area contributed by atoms with Crippen LogP contribution in [-0.4, -0.2) is 46.0 Å². The van der Waals surface area contributed by atoms with Gasteiger partial charge in [-0.25, -0.2) is 4.79 Å². The average Bonchev–Trinajstić information content (AvgIpc) is 3.20. The second-order valence-corrected chi connectivity index (χ2v) is 7.79. The van der Waals surface area contributed by atoms with Gasteiger partial charge in [0.25, 0.3) is 0 Å². The molecular formula is C22H31N5O4. The highest BCUT2D eigenvalue weighted by Gasteiger charge is 2.35. The molecule has 2 aromatic rings. The van der Waals surface area contributed by atoms with Crippen LogP contribution in [0.4, 0.5) is 5.95 Å². The van der Waals surface area contributed by atoms with E-state index in [1.807, 2.05) is 39.0 Å². The second-order valence-electron chi connectivity index (χ2n) is 7.79. The Morgan fingerprint density at radius 3 is 2.74 bits per heavy atom. The molecule has 1 atom stereocenters. The molecule has 1 aliphatic rings. The zero-order valence-corrected chi connectivity index (χ0v) is 18.8. The van der Waals surface area contributed by atoms with Crippen molar-refractivity contribution in [1.82, 2.24) is 20.2 Å². The Labute approximate surface area is 182 Å². The van der Waals surface area contributed by atoms with Crippen molar-refractivity contribution in [2.24, 2.45) is 0 Å². The number of rotatable bonds is 10. The Balaban J connectivity index is 1.92. The van der Waals surface area contributed by atoms with Gasteiger partial charge in [0, 0.05) is 5.70 Å². The van der Waals surface area contributed by atoms with Crippen LogP contribution in [0.15, 0.2) is 29.5 Å². The third-order valence-corrected chi connectivity index (χ3v) is 5.04. The molecule has 0 radical (unpaired) electrons. The van der Waals surface area contributed by atoms with Crippen LogP contribution in [0.2, 0.25) is 0 Å². The molecule has 0 spiro atoms. The minimum absolute atomic E-state index is 0.248. The van der Waals surface area contributed by atoms with E-state index < -0.39 is 12.0 Å². The summed E-state index contributed by atoms with van der Waals surface area (Å²) in [6.45, 7) is 8.26. The lowest BCUT2D eigenvalue weighted by molar-refractivity contribution is -0.143. The fourth-order valence-corrected chi connectivity index (χ4v) is 3.55. The van der Waals surface area contributed by atoms with Crippen molar-refractivity contribution in [2.45, 2.75) is 65.5 Å². The summed E-state index contributed by atoms with van der Waals surface area (Å²) < 4.78 is 18.6. The molecule has 0 fully saturated rings. The van der Waals surface area contributed by atoms with E-state index in [4.69, 9.17) is 14.2 Å². The number of carbonyl (C=O) groups excluding carboxylic acids is 1. The van der Waals surface area contributed by atoms with E-state index in [9.17, 15) is 4.79 Å². The first-order valence-electron chi connectivity index (χ1n) is 10.7. The van der Waals surface area contributed by atoms with Gasteiger partial charge in [0.1, 0.15) is 6.04 Å². The molecule has 1 aromatic heterocycles. The van der Waals surface area contributed by atoms with E-state index in [0.717, 1.165) is 18.4 Å². The minimum Gasteiger partial charge on any atom is -0.493 e. The second kappa shape index (κ2) is 10.3. The summed E-state index contributed by atoms with van der Waals surface area (Å²) in [5.74, 6) is 1.30. The Hall–Kier alpha value is -3.10. The summed E-state index contributed by atoms with van der Waals surface area (Å²) >= 11 is 0. The number of ether oxygens (including phenoxy) is 3. The molecule has 1 aliphatic heterocycles. The van der Waals surface area contributed by atoms with E-state index in [1.165, 1.54) is 12.8 Å². The molecule has 0 saturated heterocycles. The molecule has 3 rings (SSSR count). The van der Waals surface area contributed by atoms with Crippen LogP contribution in [0.25, 0.3) is 0 Å². The van der Waals surface area contributed by atoms with Gasteiger partial charge < -0.3 is 19.5 Å². The number of carbonyl (C=O) groups is 1. The van der Waals surface area contributed by atoms with Crippen molar-refractivity contribution in [3.8, 4) is 11.5 Å². The molecule has 1 N–H and O–H groups in total. The number of fused-ring (bicyclic) bond motifs is 1. The highest BCUT2D eigenvalue weighted by atomic mass is 16.5. The number of unbranched alkanes of at least 4 members (excludes halogenated alkanes) is 3. The fraction of sp³-hybridized carbons (Fsp3) is 0.545. The SMILES string of the molecule is CCCCCCOc1ccc([C@@H]2C(C(=O)OC(C)C)=C(C)Nc3nnnn32)cc1OC. The summed E-state index contributed by atoms with van der Waals surface area (Å²) in [6, 6.07) is 5.07. The molecule has 2 heterocycles. The van der Waals surface area contributed by atoms with Crippen LogP contribution >= 0.6 is 0 Å². The third kappa shape index (κ3) is 5.15. The van der Waals surface area contributed by atoms with Crippen LogP contribution in [0, 0.1) is 0 Å². The van der Waals surface area contributed by atoms with Crippen molar-refractivity contribution < 1.29 is 19.0 Å². The monoisotopic (exact) mass is 429 g/mol. The molecule has 1 aromatic carbocycles. The van der Waals surface area contributed by atoms with E-state index in [-0.39, 0.29) is 6.10 Å². The first-order chi connectivity index (χ1) is 15.0. The lowest BCUT2D eigenvalue weighted by atomic mass is 9.95. The average molecular weight is 430 g/mol. The fourth-order valence-electron chi connectivity index (χ4n) is 3.55. The van der Waals surface area contributed by atoms with Crippen molar-refractivity contribution in [2.75, 3.05) is 19.0 Å². The smallest absolute Gasteiger partial charge is 0.338 e. The Morgan fingerprint density at radius 2 is 2.03 bits per heavy atom. The van der Waals surface area contributed by atoms with Crippen LogP contribution in [0.1, 0.15) is 65.0 Å². The van der Waals surface area contributed by atoms with Gasteiger partial charge in [-0.1, -0.05) is 37.4 Å². The summed E-state index contributed by atoms with van der Waals surface area (Å²) in [6.07, 6.45) is 4.27. The number of anilines is 1. The topological polar surface area (TPSA) is 100 Å². The molecule has 0 amide bonds. The standard InChI is InChI=1S/C22H31N5O4/c1-6-7-8-9-12-30-17-11-10-16(13-18(17)29-5)20-19(21(28)31-14(2)3)15(4)23-22-24-25-26-27(20)22/h10-11,13-14,20H,6-9,12H2,1-5H3,(H,23,24,26)/t20-/m1/s1. The minimum atomic E-state index is -0.551. The van der Waals surface area contributed by atoms with E-state index in [1.54, 1.807) is 11.8 Å². The summed E-state index contributed by atoms with van der Waals surface area (Å²) in [5.41, 5.74) is 1.89. The molecule has 9 heteroatoms. The van der Waals surface area contributed by atoms with Crippen LogP contribution < -0.4 is 14.8 Å². The number of nitrogens with zero attached hydrogens (tertiary/aromatic N) is 4.